The highest BCUT2D eigenvalue weighted by atomic mass is 16.5. The largest absolute Gasteiger partial charge is 0.375 e. The van der Waals surface area contributed by atoms with Crippen molar-refractivity contribution in [1.82, 2.24) is 0 Å². The van der Waals surface area contributed by atoms with Gasteiger partial charge < -0.3 is 10.5 Å². The van der Waals surface area contributed by atoms with E-state index in [0.717, 1.165) is 12.5 Å². The van der Waals surface area contributed by atoms with E-state index in [9.17, 15) is 0 Å². The molecule has 2 heteroatoms. The van der Waals surface area contributed by atoms with Crippen LogP contribution in [-0.2, 0) is 4.74 Å². The quantitative estimate of drug-likeness (QED) is 0.722. The summed E-state index contributed by atoms with van der Waals surface area (Å²) in [7, 11) is 0. The van der Waals surface area contributed by atoms with Gasteiger partial charge in [-0.1, -0.05) is 44.9 Å². The average Bonchev–Trinajstić information content (AvgIpc) is 2.66. The molecular formula is C17H31NO. The van der Waals surface area contributed by atoms with Crippen molar-refractivity contribution in [2.75, 3.05) is 6.61 Å². The Morgan fingerprint density at radius 2 is 1.37 bits per heavy atom. The SMILES string of the molecule is NC1(C2CCOC3(CCCCC3)C2)CCCCCC1. The molecular weight excluding hydrogens is 234 g/mol. The van der Waals surface area contributed by atoms with Crippen LogP contribution in [-0.4, -0.2) is 17.7 Å². The van der Waals surface area contributed by atoms with Crippen molar-refractivity contribution in [2.24, 2.45) is 11.7 Å². The molecule has 2 aliphatic carbocycles. The van der Waals surface area contributed by atoms with E-state index in [0.29, 0.717) is 0 Å². The molecule has 3 rings (SSSR count). The molecule has 19 heavy (non-hydrogen) atoms. The minimum Gasteiger partial charge on any atom is -0.375 e. The van der Waals surface area contributed by atoms with Crippen LogP contribution in [0.2, 0.25) is 0 Å². The topological polar surface area (TPSA) is 35.2 Å². The second-order valence-corrected chi connectivity index (χ2v) is 7.43. The number of hydrogen-bond acceptors (Lipinski definition) is 2. The van der Waals surface area contributed by atoms with E-state index in [1.807, 2.05) is 0 Å². The Balaban J connectivity index is 1.69. The summed E-state index contributed by atoms with van der Waals surface area (Å²) >= 11 is 0. The maximum absolute atomic E-state index is 6.87. The standard InChI is InChI=1S/C17H31NO/c18-17(11-6-1-2-7-12-17)15-8-13-19-16(14-15)9-4-3-5-10-16/h15H,1-14,18H2. The van der Waals surface area contributed by atoms with Crippen molar-refractivity contribution in [1.29, 1.82) is 0 Å². The number of hydrogen-bond donors (Lipinski definition) is 1. The third-order valence-corrected chi connectivity index (χ3v) is 6.11. The van der Waals surface area contributed by atoms with Crippen LogP contribution >= 0.6 is 0 Å². The lowest BCUT2D eigenvalue weighted by Crippen LogP contribution is -2.53. The Bertz CT molecular complexity index is 282. The van der Waals surface area contributed by atoms with Gasteiger partial charge in [0, 0.05) is 12.1 Å². The molecule has 2 saturated carbocycles. The maximum Gasteiger partial charge on any atom is 0.0685 e. The number of rotatable bonds is 1. The van der Waals surface area contributed by atoms with E-state index in [1.165, 1.54) is 83.5 Å². The maximum atomic E-state index is 6.87. The average molecular weight is 265 g/mol. The molecule has 1 spiro atoms. The summed E-state index contributed by atoms with van der Waals surface area (Å²) in [6, 6.07) is 0. The first kappa shape index (κ1) is 13.9. The van der Waals surface area contributed by atoms with Crippen molar-refractivity contribution in [2.45, 2.75) is 94.6 Å². The van der Waals surface area contributed by atoms with Gasteiger partial charge in [0.05, 0.1) is 5.60 Å². The minimum atomic E-state index is 0.130. The first-order valence-electron chi connectivity index (χ1n) is 8.65. The summed E-state index contributed by atoms with van der Waals surface area (Å²) < 4.78 is 6.25. The zero-order chi connectivity index (χ0) is 13.2. The normalized spacial score (nSPS) is 34.9. The highest BCUT2D eigenvalue weighted by Gasteiger charge is 2.45. The van der Waals surface area contributed by atoms with Gasteiger partial charge >= 0.3 is 0 Å². The summed E-state index contributed by atoms with van der Waals surface area (Å²) in [5, 5.41) is 0. The predicted molar refractivity (Wildman–Crippen MR) is 79.1 cm³/mol. The third kappa shape index (κ3) is 3.00. The van der Waals surface area contributed by atoms with Gasteiger partial charge in [-0.2, -0.15) is 0 Å². The molecule has 1 unspecified atom stereocenters. The molecule has 1 heterocycles. The lowest BCUT2D eigenvalue weighted by atomic mass is 9.67. The van der Waals surface area contributed by atoms with Crippen molar-refractivity contribution in [3.05, 3.63) is 0 Å². The highest BCUT2D eigenvalue weighted by molar-refractivity contribution is 4.99. The van der Waals surface area contributed by atoms with Crippen LogP contribution in [0.4, 0.5) is 0 Å². The lowest BCUT2D eigenvalue weighted by molar-refractivity contribution is -0.128. The van der Waals surface area contributed by atoms with Gasteiger partial charge in [0.25, 0.3) is 0 Å². The van der Waals surface area contributed by atoms with Crippen LogP contribution in [0.25, 0.3) is 0 Å². The first-order chi connectivity index (χ1) is 9.23. The molecule has 2 nitrogen and oxygen atoms in total. The van der Waals surface area contributed by atoms with Crippen molar-refractivity contribution >= 4 is 0 Å². The molecule has 1 aliphatic heterocycles. The van der Waals surface area contributed by atoms with E-state index in [4.69, 9.17) is 10.5 Å². The Morgan fingerprint density at radius 3 is 2.05 bits per heavy atom. The fraction of sp³-hybridized carbons (Fsp3) is 1.00. The molecule has 2 N–H and O–H groups in total. The molecule has 1 saturated heterocycles. The molecule has 1 atom stereocenters. The van der Waals surface area contributed by atoms with Crippen LogP contribution in [0.5, 0.6) is 0 Å². The van der Waals surface area contributed by atoms with Gasteiger partial charge in [0.2, 0.25) is 0 Å². The van der Waals surface area contributed by atoms with Crippen LogP contribution < -0.4 is 5.73 Å². The van der Waals surface area contributed by atoms with Gasteiger partial charge in [0.1, 0.15) is 0 Å². The van der Waals surface area contributed by atoms with Gasteiger partial charge in [-0.15, -0.1) is 0 Å². The van der Waals surface area contributed by atoms with Crippen molar-refractivity contribution in [3.63, 3.8) is 0 Å². The zero-order valence-electron chi connectivity index (χ0n) is 12.5. The van der Waals surface area contributed by atoms with E-state index in [1.54, 1.807) is 0 Å². The summed E-state index contributed by atoms with van der Waals surface area (Å²) in [6.07, 6.45) is 17.2. The summed E-state index contributed by atoms with van der Waals surface area (Å²) in [5.41, 5.74) is 7.22. The van der Waals surface area contributed by atoms with Gasteiger partial charge in [0.15, 0.2) is 0 Å². The molecule has 0 bridgehead atoms. The number of ether oxygens (including phenoxy) is 1. The molecule has 0 aromatic carbocycles. The first-order valence-corrected chi connectivity index (χ1v) is 8.65. The second kappa shape index (κ2) is 5.73. The monoisotopic (exact) mass is 265 g/mol. The third-order valence-electron chi connectivity index (χ3n) is 6.11. The lowest BCUT2D eigenvalue weighted by Gasteiger charge is -2.49. The van der Waals surface area contributed by atoms with Gasteiger partial charge in [-0.25, -0.2) is 0 Å². The van der Waals surface area contributed by atoms with Crippen molar-refractivity contribution < 1.29 is 4.74 Å². The molecule has 3 fully saturated rings. The Morgan fingerprint density at radius 1 is 0.789 bits per heavy atom. The molecule has 0 aromatic heterocycles. The Labute approximate surface area is 118 Å². The van der Waals surface area contributed by atoms with Crippen molar-refractivity contribution in [3.8, 4) is 0 Å². The van der Waals surface area contributed by atoms with Crippen LogP contribution in [0.15, 0.2) is 0 Å². The fourth-order valence-corrected chi connectivity index (χ4v) is 4.86. The highest BCUT2D eigenvalue weighted by Crippen LogP contribution is 2.46. The molecule has 110 valence electrons. The smallest absolute Gasteiger partial charge is 0.0685 e. The van der Waals surface area contributed by atoms with E-state index in [-0.39, 0.29) is 11.1 Å². The van der Waals surface area contributed by atoms with Crippen LogP contribution in [0.3, 0.4) is 0 Å². The Hall–Kier alpha value is -0.0800. The fourth-order valence-electron chi connectivity index (χ4n) is 4.86. The zero-order valence-corrected chi connectivity index (χ0v) is 12.5. The molecule has 0 radical (unpaired) electrons. The molecule has 0 aromatic rings. The van der Waals surface area contributed by atoms with Crippen LogP contribution in [0.1, 0.15) is 83.5 Å². The summed E-state index contributed by atoms with van der Waals surface area (Å²) in [5.74, 6) is 0.720. The predicted octanol–water partition coefficient (Wildman–Crippen LogP) is 4.17. The number of nitrogens with two attached hydrogens (primary N) is 1. The van der Waals surface area contributed by atoms with Crippen LogP contribution in [0, 0.1) is 5.92 Å². The van der Waals surface area contributed by atoms with E-state index in [2.05, 4.69) is 0 Å². The Kier molecular flexibility index (Phi) is 4.19. The van der Waals surface area contributed by atoms with Gasteiger partial charge in [-0.05, 0) is 44.4 Å². The molecule has 0 amide bonds. The second-order valence-electron chi connectivity index (χ2n) is 7.43. The van der Waals surface area contributed by atoms with E-state index >= 15 is 0 Å². The van der Waals surface area contributed by atoms with Gasteiger partial charge in [-0.3, -0.25) is 0 Å². The minimum absolute atomic E-state index is 0.130. The molecule has 3 aliphatic rings. The summed E-state index contributed by atoms with van der Waals surface area (Å²) in [6.45, 7) is 0.962. The summed E-state index contributed by atoms with van der Waals surface area (Å²) in [4.78, 5) is 0. The van der Waals surface area contributed by atoms with E-state index < -0.39 is 0 Å².